The molecule has 1 aromatic heterocycles. The number of nitrogens with zero attached hydrogens (tertiary/aromatic N) is 1. The highest BCUT2D eigenvalue weighted by molar-refractivity contribution is 8.00. The zero-order valence-electron chi connectivity index (χ0n) is 8.85. The number of thioether (sulfide) groups is 1. The molecule has 16 heavy (non-hydrogen) atoms. The Morgan fingerprint density at radius 3 is 3.06 bits per heavy atom. The predicted octanol–water partition coefficient (Wildman–Crippen LogP) is 2.09. The van der Waals surface area contributed by atoms with E-state index in [0.717, 1.165) is 12.4 Å². The van der Waals surface area contributed by atoms with E-state index in [9.17, 15) is 4.79 Å². The van der Waals surface area contributed by atoms with Gasteiger partial charge in [-0.05, 0) is 30.7 Å². The van der Waals surface area contributed by atoms with Crippen LogP contribution in [-0.2, 0) is 0 Å². The molecule has 1 unspecified atom stereocenters. The van der Waals surface area contributed by atoms with Crippen molar-refractivity contribution in [2.45, 2.75) is 18.1 Å². The summed E-state index contributed by atoms with van der Waals surface area (Å²) in [6.07, 6.45) is 3.93. The predicted molar refractivity (Wildman–Crippen MR) is 65.2 cm³/mol. The third kappa shape index (κ3) is 2.88. The van der Waals surface area contributed by atoms with Crippen molar-refractivity contribution in [3.05, 3.63) is 23.9 Å². The van der Waals surface area contributed by atoms with E-state index in [2.05, 4.69) is 10.3 Å². The maximum atomic E-state index is 10.6. The molecule has 1 atom stereocenters. The van der Waals surface area contributed by atoms with Crippen molar-refractivity contribution in [2.75, 3.05) is 17.6 Å². The standard InChI is InChI=1S/C11H14N2O2S/c14-11(15)8-3-4-10(12-6-8)13-7-9-2-1-5-16-9/h3-4,6,9H,1-2,5,7H2,(H,12,13)(H,14,15). The van der Waals surface area contributed by atoms with Gasteiger partial charge in [0.2, 0.25) is 0 Å². The van der Waals surface area contributed by atoms with Gasteiger partial charge in [0.1, 0.15) is 5.82 Å². The van der Waals surface area contributed by atoms with E-state index in [4.69, 9.17) is 5.11 Å². The molecule has 1 saturated heterocycles. The maximum Gasteiger partial charge on any atom is 0.337 e. The second kappa shape index (κ2) is 5.21. The van der Waals surface area contributed by atoms with Crippen molar-refractivity contribution < 1.29 is 9.90 Å². The lowest BCUT2D eigenvalue weighted by Gasteiger charge is -2.10. The van der Waals surface area contributed by atoms with Crippen LogP contribution >= 0.6 is 11.8 Å². The van der Waals surface area contributed by atoms with Crippen LogP contribution in [0.15, 0.2) is 18.3 Å². The van der Waals surface area contributed by atoms with Crippen molar-refractivity contribution in [1.29, 1.82) is 0 Å². The van der Waals surface area contributed by atoms with Gasteiger partial charge in [-0.1, -0.05) is 0 Å². The fourth-order valence-electron chi connectivity index (χ4n) is 1.65. The molecule has 0 spiro atoms. The molecule has 0 amide bonds. The van der Waals surface area contributed by atoms with Gasteiger partial charge in [-0.15, -0.1) is 0 Å². The van der Waals surface area contributed by atoms with Gasteiger partial charge in [-0.3, -0.25) is 0 Å². The molecule has 2 heterocycles. The Kier molecular flexibility index (Phi) is 3.66. The lowest BCUT2D eigenvalue weighted by atomic mass is 10.2. The van der Waals surface area contributed by atoms with Gasteiger partial charge in [-0.25, -0.2) is 9.78 Å². The summed E-state index contributed by atoms with van der Waals surface area (Å²) in [5.74, 6) is 1.06. The highest BCUT2D eigenvalue weighted by atomic mass is 32.2. The van der Waals surface area contributed by atoms with Crippen LogP contribution in [0.25, 0.3) is 0 Å². The average molecular weight is 238 g/mol. The quantitative estimate of drug-likeness (QED) is 0.841. The van der Waals surface area contributed by atoms with Crippen molar-refractivity contribution in [3.8, 4) is 0 Å². The van der Waals surface area contributed by atoms with Crippen LogP contribution < -0.4 is 5.32 Å². The number of pyridine rings is 1. The van der Waals surface area contributed by atoms with Gasteiger partial charge in [0.05, 0.1) is 5.56 Å². The van der Waals surface area contributed by atoms with Crippen molar-refractivity contribution in [2.24, 2.45) is 0 Å². The van der Waals surface area contributed by atoms with Crippen LogP contribution in [0.3, 0.4) is 0 Å². The Balaban J connectivity index is 1.87. The van der Waals surface area contributed by atoms with Crippen LogP contribution in [-0.4, -0.2) is 33.6 Å². The monoisotopic (exact) mass is 238 g/mol. The average Bonchev–Trinajstić information content (AvgIpc) is 2.80. The second-order valence-corrected chi connectivity index (χ2v) is 5.16. The SMILES string of the molecule is O=C(O)c1ccc(NCC2CCCS2)nc1. The largest absolute Gasteiger partial charge is 0.478 e. The molecule has 1 aliphatic rings. The Hall–Kier alpha value is -1.23. The first-order valence-electron chi connectivity index (χ1n) is 5.30. The first-order valence-corrected chi connectivity index (χ1v) is 6.35. The Labute approximate surface area is 98.5 Å². The molecule has 0 aromatic carbocycles. The van der Waals surface area contributed by atoms with E-state index >= 15 is 0 Å². The van der Waals surface area contributed by atoms with Crippen LogP contribution in [0.4, 0.5) is 5.82 Å². The molecular formula is C11H14N2O2S. The molecule has 0 saturated carbocycles. The molecule has 2 rings (SSSR count). The third-order valence-corrected chi connectivity index (χ3v) is 3.94. The number of carboxylic acid groups (broad SMARTS) is 1. The highest BCUT2D eigenvalue weighted by Gasteiger charge is 2.15. The summed E-state index contributed by atoms with van der Waals surface area (Å²) in [7, 11) is 0. The molecule has 0 bridgehead atoms. The zero-order valence-corrected chi connectivity index (χ0v) is 9.67. The number of aromatic nitrogens is 1. The summed E-state index contributed by atoms with van der Waals surface area (Å²) in [5, 5.41) is 12.6. The first kappa shape index (κ1) is 11.3. The summed E-state index contributed by atoms with van der Waals surface area (Å²) >= 11 is 1.99. The number of rotatable bonds is 4. The smallest absolute Gasteiger partial charge is 0.337 e. The van der Waals surface area contributed by atoms with E-state index in [1.807, 2.05) is 11.8 Å². The third-order valence-electron chi connectivity index (χ3n) is 2.55. The highest BCUT2D eigenvalue weighted by Crippen LogP contribution is 2.25. The minimum absolute atomic E-state index is 0.223. The summed E-state index contributed by atoms with van der Waals surface area (Å²) in [5.41, 5.74) is 0.223. The molecule has 86 valence electrons. The number of hydrogen-bond acceptors (Lipinski definition) is 4. The van der Waals surface area contributed by atoms with Crippen LogP contribution in [0.1, 0.15) is 23.2 Å². The summed E-state index contributed by atoms with van der Waals surface area (Å²) < 4.78 is 0. The molecule has 0 radical (unpaired) electrons. The molecule has 1 aliphatic heterocycles. The molecule has 2 N–H and O–H groups in total. The number of carbonyl (C=O) groups is 1. The molecule has 0 aliphatic carbocycles. The molecule has 5 heteroatoms. The maximum absolute atomic E-state index is 10.6. The van der Waals surface area contributed by atoms with E-state index in [0.29, 0.717) is 5.25 Å². The van der Waals surface area contributed by atoms with Crippen molar-refractivity contribution in [1.82, 2.24) is 4.98 Å². The van der Waals surface area contributed by atoms with Crippen molar-refractivity contribution >= 4 is 23.5 Å². The number of hydrogen-bond donors (Lipinski definition) is 2. The van der Waals surface area contributed by atoms with Gasteiger partial charge in [0.15, 0.2) is 0 Å². The fraction of sp³-hybridized carbons (Fsp3) is 0.455. The van der Waals surface area contributed by atoms with Crippen LogP contribution in [0.2, 0.25) is 0 Å². The normalized spacial score (nSPS) is 19.6. The van der Waals surface area contributed by atoms with Gasteiger partial charge < -0.3 is 10.4 Å². The zero-order chi connectivity index (χ0) is 11.4. The lowest BCUT2D eigenvalue weighted by molar-refractivity contribution is 0.0696. The Morgan fingerprint density at radius 1 is 1.62 bits per heavy atom. The molecule has 1 fully saturated rings. The minimum atomic E-state index is -0.939. The first-order chi connectivity index (χ1) is 7.75. The molecular weight excluding hydrogens is 224 g/mol. The number of aromatic carboxylic acids is 1. The van der Waals surface area contributed by atoms with E-state index in [1.54, 1.807) is 12.1 Å². The van der Waals surface area contributed by atoms with E-state index in [-0.39, 0.29) is 5.56 Å². The van der Waals surface area contributed by atoms with Crippen molar-refractivity contribution in [3.63, 3.8) is 0 Å². The van der Waals surface area contributed by atoms with Gasteiger partial charge >= 0.3 is 5.97 Å². The van der Waals surface area contributed by atoms with Gasteiger partial charge in [-0.2, -0.15) is 11.8 Å². The fourth-order valence-corrected chi connectivity index (χ4v) is 2.85. The Bertz CT molecular complexity index is 361. The topological polar surface area (TPSA) is 62.2 Å². The number of nitrogens with one attached hydrogen (secondary N) is 1. The Morgan fingerprint density at radius 2 is 2.50 bits per heavy atom. The number of anilines is 1. The molecule has 4 nitrogen and oxygen atoms in total. The van der Waals surface area contributed by atoms with Crippen LogP contribution in [0.5, 0.6) is 0 Å². The minimum Gasteiger partial charge on any atom is -0.478 e. The second-order valence-electron chi connectivity index (χ2n) is 3.75. The van der Waals surface area contributed by atoms with E-state index in [1.165, 1.54) is 24.8 Å². The van der Waals surface area contributed by atoms with Crippen LogP contribution in [0, 0.1) is 0 Å². The lowest BCUT2D eigenvalue weighted by Crippen LogP contribution is -2.14. The summed E-state index contributed by atoms with van der Waals surface area (Å²) in [6, 6.07) is 3.28. The van der Waals surface area contributed by atoms with E-state index < -0.39 is 5.97 Å². The molecule has 1 aromatic rings. The van der Waals surface area contributed by atoms with Gasteiger partial charge in [0.25, 0.3) is 0 Å². The summed E-state index contributed by atoms with van der Waals surface area (Å²) in [6.45, 7) is 0.907. The van der Waals surface area contributed by atoms with Gasteiger partial charge in [0, 0.05) is 18.0 Å². The number of carboxylic acids is 1. The summed E-state index contributed by atoms with van der Waals surface area (Å²) in [4.78, 5) is 14.7.